The normalized spacial score (nSPS) is 11.6. The van der Waals surface area contributed by atoms with Crippen LogP contribution < -0.4 is 17.7 Å². The molecule has 2 aromatic carbocycles. The molecule has 0 aromatic heterocycles. The van der Waals surface area contributed by atoms with Crippen molar-refractivity contribution >= 4 is 23.3 Å². The van der Waals surface area contributed by atoms with Crippen LogP contribution in [0, 0.1) is 0 Å². The van der Waals surface area contributed by atoms with Gasteiger partial charge in [0.15, 0.2) is 0 Å². The average Bonchev–Trinajstić information content (AvgIpc) is 2.84. The lowest BCUT2D eigenvalue weighted by molar-refractivity contribution is -0.00000711. The molecule has 0 aliphatic heterocycles. The highest BCUT2D eigenvalue weighted by Gasteiger charge is 2.38. The van der Waals surface area contributed by atoms with Gasteiger partial charge in [-0.1, -0.05) is 134 Å². The summed E-state index contributed by atoms with van der Waals surface area (Å²) in [6, 6.07) is 16.2. The Morgan fingerprint density at radius 2 is 0.941 bits per heavy atom. The fraction of sp³-hybridized carbons (Fsp3) is 0.688. The van der Waals surface area contributed by atoms with Crippen LogP contribution in [-0.2, 0) is 0 Å². The molecule has 194 valence electrons. The minimum atomic E-state index is -1.08. The van der Waals surface area contributed by atoms with E-state index >= 15 is 0 Å². The Labute approximate surface area is 219 Å². The van der Waals surface area contributed by atoms with Crippen LogP contribution in [0.15, 0.2) is 42.5 Å². The van der Waals surface area contributed by atoms with Crippen LogP contribution in [0.4, 0.5) is 0 Å². The molecule has 0 atom stereocenters. The van der Waals surface area contributed by atoms with E-state index in [1.807, 2.05) is 0 Å². The molecule has 2 aromatic rings. The van der Waals surface area contributed by atoms with Crippen molar-refractivity contribution in [2.24, 2.45) is 0 Å². The first-order chi connectivity index (χ1) is 16.3. The van der Waals surface area contributed by atoms with Gasteiger partial charge in [-0.05, 0) is 37.1 Å². The summed E-state index contributed by atoms with van der Waals surface area (Å²) < 4.78 is 0. The van der Waals surface area contributed by atoms with Gasteiger partial charge in [-0.15, -0.1) is 0 Å². The second kappa shape index (κ2) is 19.6. The maximum absolute atomic E-state index is 2.49. The Balaban J connectivity index is 0.00000578. The smallest absolute Gasteiger partial charge is 0.102 e. The summed E-state index contributed by atoms with van der Waals surface area (Å²) in [7, 11) is -1.08. The molecule has 0 unspecified atom stereocenters. The number of hydrogen-bond donors (Lipinski definition) is 0. The molecule has 0 fully saturated rings. The molecule has 0 aliphatic carbocycles. The molecule has 0 N–H and O–H groups in total. The molecule has 2 rings (SSSR count). The molecule has 0 heterocycles. The highest BCUT2D eigenvalue weighted by atomic mass is 35.5. The Hall–Kier alpha value is -0.580. The van der Waals surface area contributed by atoms with E-state index in [2.05, 4.69) is 63.2 Å². The highest BCUT2D eigenvalue weighted by Crippen LogP contribution is 2.60. The third-order valence-corrected chi connectivity index (χ3v) is 12.7. The van der Waals surface area contributed by atoms with E-state index in [0.717, 1.165) is 0 Å². The van der Waals surface area contributed by atoms with Gasteiger partial charge in [-0.3, -0.25) is 0 Å². The molecule has 0 amide bonds. The summed E-state index contributed by atoms with van der Waals surface area (Å²) in [5.74, 6) is 0. The lowest BCUT2D eigenvalue weighted by Gasteiger charge is -2.28. The molecule has 0 bridgehead atoms. The maximum Gasteiger partial charge on any atom is 0.102 e. The maximum atomic E-state index is 2.49. The predicted molar refractivity (Wildman–Crippen MR) is 156 cm³/mol. The van der Waals surface area contributed by atoms with Crippen molar-refractivity contribution < 1.29 is 12.4 Å². The minimum Gasteiger partial charge on any atom is -1.00 e. The zero-order chi connectivity index (χ0) is 23.6. The zero-order valence-corrected chi connectivity index (χ0v) is 24.5. The zero-order valence-electron chi connectivity index (χ0n) is 22.8. The van der Waals surface area contributed by atoms with Gasteiger partial charge in [-0.2, -0.15) is 0 Å². The van der Waals surface area contributed by atoms with Crippen LogP contribution in [0.5, 0.6) is 0 Å². The van der Waals surface area contributed by atoms with Gasteiger partial charge in [0.05, 0.1) is 18.5 Å². The molecule has 0 saturated carbocycles. The van der Waals surface area contributed by atoms with Gasteiger partial charge in [-0.25, -0.2) is 0 Å². The molecular weight excluding hydrogens is 451 g/mol. The van der Waals surface area contributed by atoms with Crippen LogP contribution in [-0.4, -0.2) is 18.5 Å². The first-order valence-corrected chi connectivity index (χ1v) is 17.0. The number of halogens is 1. The summed E-state index contributed by atoms with van der Waals surface area (Å²) in [6.45, 7) is 7.11. The van der Waals surface area contributed by atoms with Crippen molar-refractivity contribution in [2.75, 3.05) is 18.5 Å². The summed E-state index contributed by atoms with van der Waals surface area (Å²) in [5, 5.41) is 4.71. The van der Waals surface area contributed by atoms with Crippen molar-refractivity contribution in [3.05, 3.63) is 42.5 Å². The number of hydrogen-bond acceptors (Lipinski definition) is 0. The van der Waals surface area contributed by atoms with Crippen molar-refractivity contribution in [3.8, 4) is 0 Å². The molecule has 0 spiro atoms. The van der Waals surface area contributed by atoms with Gasteiger partial charge in [0, 0.05) is 12.6 Å². The van der Waals surface area contributed by atoms with Crippen LogP contribution in [0.3, 0.4) is 0 Å². The summed E-state index contributed by atoms with van der Waals surface area (Å²) >= 11 is 0. The van der Waals surface area contributed by atoms with Crippen LogP contribution in [0.1, 0.15) is 124 Å². The monoisotopic (exact) mass is 504 g/mol. The topological polar surface area (TPSA) is 0 Å². The molecule has 2 heteroatoms. The summed E-state index contributed by atoms with van der Waals surface area (Å²) in [6.07, 6.45) is 27.3. The van der Waals surface area contributed by atoms with Gasteiger partial charge in [0.25, 0.3) is 0 Å². The third-order valence-electron chi connectivity index (χ3n) is 7.52. The Morgan fingerprint density at radius 3 is 1.47 bits per heavy atom. The fourth-order valence-electron chi connectivity index (χ4n) is 5.78. The lowest BCUT2D eigenvalue weighted by Crippen LogP contribution is -3.00. The van der Waals surface area contributed by atoms with Gasteiger partial charge in [0.2, 0.25) is 0 Å². The first-order valence-electron chi connectivity index (χ1n) is 14.6. The van der Waals surface area contributed by atoms with Crippen molar-refractivity contribution in [1.29, 1.82) is 0 Å². The third kappa shape index (κ3) is 11.0. The Bertz CT molecular complexity index is 729. The number of fused-ring (bicyclic) bond motifs is 1. The largest absolute Gasteiger partial charge is 1.00 e. The molecule has 34 heavy (non-hydrogen) atoms. The van der Waals surface area contributed by atoms with E-state index in [0.29, 0.717) is 0 Å². The van der Waals surface area contributed by atoms with Gasteiger partial charge in [0.1, 0.15) is 5.30 Å². The molecule has 0 aliphatic rings. The highest BCUT2D eigenvalue weighted by molar-refractivity contribution is 7.83. The van der Waals surface area contributed by atoms with E-state index < -0.39 is 7.26 Å². The van der Waals surface area contributed by atoms with E-state index in [9.17, 15) is 0 Å². The quantitative estimate of drug-likeness (QED) is 0.127. The second-order valence-corrected chi connectivity index (χ2v) is 14.5. The van der Waals surface area contributed by atoms with Crippen LogP contribution in [0.25, 0.3) is 10.8 Å². The second-order valence-electron chi connectivity index (χ2n) is 10.4. The summed E-state index contributed by atoms with van der Waals surface area (Å²) in [5.41, 5.74) is 0. The van der Waals surface area contributed by atoms with E-state index in [1.165, 1.54) is 127 Å². The Kier molecular flexibility index (Phi) is 18.1. The van der Waals surface area contributed by atoms with Crippen molar-refractivity contribution in [3.63, 3.8) is 0 Å². The Morgan fingerprint density at radius 1 is 0.471 bits per heavy atom. The van der Waals surface area contributed by atoms with Gasteiger partial charge < -0.3 is 12.4 Å². The molecule has 0 nitrogen and oxygen atoms in total. The predicted octanol–water partition coefficient (Wildman–Crippen LogP) is 7.79. The summed E-state index contributed by atoms with van der Waals surface area (Å²) in [4.78, 5) is 0. The number of benzene rings is 2. The van der Waals surface area contributed by atoms with Crippen molar-refractivity contribution in [2.45, 2.75) is 124 Å². The SMILES string of the molecule is CCCCCCCCCCCCCCCC[P+](CCC)(CCC)c1cccc2ccccc12.[Cl-]. The average molecular weight is 505 g/mol. The molecule has 0 saturated heterocycles. The number of unbranched alkanes of at least 4 members (excludes halogenated alkanes) is 13. The first kappa shape index (κ1) is 31.4. The van der Waals surface area contributed by atoms with E-state index in [-0.39, 0.29) is 12.4 Å². The minimum absolute atomic E-state index is 0. The van der Waals surface area contributed by atoms with Crippen LogP contribution in [0.2, 0.25) is 0 Å². The lowest BCUT2D eigenvalue weighted by atomic mass is 10.0. The van der Waals surface area contributed by atoms with E-state index in [4.69, 9.17) is 0 Å². The van der Waals surface area contributed by atoms with Crippen LogP contribution >= 0.6 is 7.26 Å². The fourth-order valence-corrected chi connectivity index (χ4v) is 10.8. The van der Waals surface area contributed by atoms with Gasteiger partial charge >= 0.3 is 0 Å². The van der Waals surface area contributed by atoms with Crippen molar-refractivity contribution in [1.82, 2.24) is 0 Å². The molecule has 0 radical (unpaired) electrons. The van der Waals surface area contributed by atoms with E-state index in [1.54, 1.807) is 10.7 Å². The number of rotatable bonds is 20. The standard InChI is InChI=1S/C32H54P.ClH/c1-4-7-8-9-10-11-12-13-14-15-16-17-18-21-29-33(27-5-2,28-6-3)32-26-22-24-30-23-19-20-25-31(30)32;/h19-20,22-26H,4-18,21,27-29H2,1-3H3;1H/q+1;/p-1. The molecular formula is C32H54ClP.